The van der Waals surface area contributed by atoms with Crippen LogP contribution in [0.2, 0.25) is 0 Å². The van der Waals surface area contributed by atoms with E-state index in [1.165, 1.54) is 6.42 Å². The SMILES string of the molecule is CC1CC(C)CN(C(=O)c2ccc(CNC(=O)C3CC3)cc2)C1. The Morgan fingerprint density at radius 2 is 1.70 bits per heavy atom. The molecule has 0 spiro atoms. The van der Waals surface area contributed by atoms with E-state index in [1.807, 2.05) is 29.2 Å². The van der Waals surface area contributed by atoms with Gasteiger partial charge in [-0.1, -0.05) is 26.0 Å². The second-order valence-corrected chi connectivity index (χ2v) is 7.35. The van der Waals surface area contributed by atoms with Crippen LogP contribution in [0, 0.1) is 17.8 Å². The van der Waals surface area contributed by atoms with Gasteiger partial charge in [-0.05, 0) is 48.8 Å². The second kappa shape index (κ2) is 6.73. The topological polar surface area (TPSA) is 49.4 Å². The number of benzene rings is 1. The molecule has 2 aliphatic rings. The van der Waals surface area contributed by atoms with Crippen LogP contribution in [0.1, 0.15) is 49.0 Å². The molecule has 0 aromatic heterocycles. The lowest BCUT2D eigenvalue weighted by molar-refractivity contribution is -0.122. The monoisotopic (exact) mass is 314 g/mol. The van der Waals surface area contributed by atoms with E-state index < -0.39 is 0 Å². The first kappa shape index (κ1) is 16.0. The third-order valence-electron chi connectivity index (χ3n) is 4.77. The minimum absolute atomic E-state index is 0.122. The smallest absolute Gasteiger partial charge is 0.253 e. The van der Waals surface area contributed by atoms with Crippen molar-refractivity contribution in [2.24, 2.45) is 17.8 Å². The summed E-state index contributed by atoms with van der Waals surface area (Å²) in [5.74, 6) is 1.65. The molecular formula is C19H26N2O2. The zero-order valence-electron chi connectivity index (χ0n) is 14.0. The van der Waals surface area contributed by atoms with Crippen molar-refractivity contribution in [3.05, 3.63) is 35.4 Å². The van der Waals surface area contributed by atoms with Crippen molar-refractivity contribution in [1.82, 2.24) is 10.2 Å². The van der Waals surface area contributed by atoms with Crippen LogP contribution in [0.15, 0.2) is 24.3 Å². The molecule has 4 heteroatoms. The van der Waals surface area contributed by atoms with Crippen LogP contribution in [0.3, 0.4) is 0 Å². The first-order valence-electron chi connectivity index (χ1n) is 8.69. The number of hydrogen-bond acceptors (Lipinski definition) is 2. The van der Waals surface area contributed by atoms with Gasteiger partial charge < -0.3 is 10.2 Å². The van der Waals surface area contributed by atoms with Crippen LogP contribution in [0.25, 0.3) is 0 Å². The van der Waals surface area contributed by atoms with E-state index in [-0.39, 0.29) is 17.7 Å². The standard InChI is InChI=1S/C19H26N2O2/c1-13-9-14(2)12-21(11-13)19(23)17-5-3-15(4-6-17)10-20-18(22)16-7-8-16/h3-6,13-14,16H,7-12H2,1-2H3,(H,20,22). The lowest BCUT2D eigenvalue weighted by atomic mass is 9.91. The summed E-state index contributed by atoms with van der Waals surface area (Å²) in [6.45, 7) is 6.66. The number of piperidine rings is 1. The van der Waals surface area contributed by atoms with E-state index in [2.05, 4.69) is 19.2 Å². The summed E-state index contributed by atoms with van der Waals surface area (Å²) in [5.41, 5.74) is 1.78. The van der Waals surface area contributed by atoms with Crippen molar-refractivity contribution in [3.63, 3.8) is 0 Å². The zero-order chi connectivity index (χ0) is 16.4. The minimum Gasteiger partial charge on any atom is -0.352 e. The molecule has 1 heterocycles. The molecule has 1 aliphatic carbocycles. The van der Waals surface area contributed by atoms with Gasteiger partial charge in [-0.25, -0.2) is 0 Å². The van der Waals surface area contributed by atoms with E-state index in [9.17, 15) is 9.59 Å². The third kappa shape index (κ3) is 4.12. The van der Waals surface area contributed by atoms with Crippen molar-refractivity contribution in [3.8, 4) is 0 Å². The fourth-order valence-electron chi connectivity index (χ4n) is 3.46. The van der Waals surface area contributed by atoms with E-state index in [4.69, 9.17) is 0 Å². The minimum atomic E-state index is 0.122. The summed E-state index contributed by atoms with van der Waals surface area (Å²) in [6.07, 6.45) is 3.24. The van der Waals surface area contributed by atoms with Crippen molar-refractivity contribution in [1.29, 1.82) is 0 Å². The van der Waals surface area contributed by atoms with Crippen LogP contribution in [-0.2, 0) is 11.3 Å². The van der Waals surface area contributed by atoms with Crippen LogP contribution < -0.4 is 5.32 Å². The van der Waals surface area contributed by atoms with Gasteiger partial charge in [-0.2, -0.15) is 0 Å². The summed E-state index contributed by atoms with van der Waals surface area (Å²) < 4.78 is 0. The number of carbonyl (C=O) groups is 2. The van der Waals surface area contributed by atoms with Gasteiger partial charge in [0, 0.05) is 31.1 Å². The Hall–Kier alpha value is -1.84. The maximum atomic E-state index is 12.6. The fraction of sp³-hybridized carbons (Fsp3) is 0.579. The zero-order valence-corrected chi connectivity index (χ0v) is 14.0. The summed E-state index contributed by atoms with van der Waals surface area (Å²) in [7, 11) is 0. The molecule has 124 valence electrons. The molecule has 2 atom stereocenters. The predicted molar refractivity (Wildman–Crippen MR) is 89.9 cm³/mol. The lowest BCUT2D eigenvalue weighted by Gasteiger charge is -2.35. The highest BCUT2D eigenvalue weighted by atomic mass is 16.2. The average Bonchev–Trinajstić information content (AvgIpc) is 3.36. The van der Waals surface area contributed by atoms with Crippen LogP contribution >= 0.6 is 0 Å². The van der Waals surface area contributed by atoms with Gasteiger partial charge >= 0.3 is 0 Å². The lowest BCUT2D eigenvalue weighted by Crippen LogP contribution is -2.42. The molecule has 1 aliphatic heterocycles. The first-order chi connectivity index (χ1) is 11.0. The van der Waals surface area contributed by atoms with Gasteiger partial charge in [-0.3, -0.25) is 9.59 Å². The Bertz CT molecular complexity index is 568. The van der Waals surface area contributed by atoms with Crippen molar-refractivity contribution in [2.75, 3.05) is 13.1 Å². The van der Waals surface area contributed by atoms with Crippen LogP contribution in [0.5, 0.6) is 0 Å². The summed E-state index contributed by atoms with van der Waals surface area (Å²) in [4.78, 5) is 26.2. The molecule has 1 saturated heterocycles. The van der Waals surface area contributed by atoms with E-state index in [1.54, 1.807) is 0 Å². The molecule has 0 radical (unpaired) electrons. The molecule has 1 aromatic rings. The molecule has 2 unspecified atom stereocenters. The van der Waals surface area contributed by atoms with Gasteiger partial charge in [-0.15, -0.1) is 0 Å². The summed E-state index contributed by atoms with van der Waals surface area (Å²) in [6, 6.07) is 7.64. The Morgan fingerprint density at radius 1 is 1.09 bits per heavy atom. The molecule has 3 rings (SSSR count). The van der Waals surface area contributed by atoms with Gasteiger partial charge in [0.1, 0.15) is 0 Å². The number of nitrogens with zero attached hydrogens (tertiary/aromatic N) is 1. The number of amides is 2. The Labute approximate surface area is 138 Å². The number of likely N-dealkylation sites (tertiary alicyclic amines) is 1. The van der Waals surface area contributed by atoms with Crippen LogP contribution in [-0.4, -0.2) is 29.8 Å². The summed E-state index contributed by atoms with van der Waals surface area (Å²) >= 11 is 0. The van der Waals surface area contributed by atoms with Crippen molar-refractivity contribution in [2.45, 2.75) is 39.7 Å². The van der Waals surface area contributed by atoms with E-state index in [0.717, 1.165) is 37.1 Å². The number of carbonyl (C=O) groups excluding carboxylic acids is 2. The second-order valence-electron chi connectivity index (χ2n) is 7.35. The maximum Gasteiger partial charge on any atom is 0.253 e. The molecule has 1 aromatic carbocycles. The molecule has 4 nitrogen and oxygen atoms in total. The molecule has 2 fully saturated rings. The molecule has 1 saturated carbocycles. The average molecular weight is 314 g/mol. The number of nitrogens with one attached hydrogen (secondary N) is 1. The van der Waals surface area contributed by atoms with E-state index in [0.29, 0.717) is 18.4 Å². The molecule has 0 bridgehead atoms. The van der Waals surface area contributed by atoms with Crippen LogP contribution in [0.4, 0.5) is 0 Å². The van der Waals surface area contributed by atoms with E-state index >= 15 is 0 Å². The molecular weight excluding hydrogens is 288 g/mol. The molecule has 23 heavy (non-hydrogen) atoms. The van der Waals surface area contributed by atoms with Crippen molar-refractivity contribution >= 4 is 11.8 Å². The number of hydrogen-bond donors (Lipinski definition) is 1. The quantitative estimate of drug-likeness (QED) is 0.929. The molecule has 1 N–H and O–H groups in total. The van der Waals surface area contributed by atoms with Gasteiger partial charge in [0.25, 0.3) is 5.91 Å². The normalized spacial score (nSPS) is 24.3. The highest BCUT2D eigenvalue weighted by Crippen LogP contribution is 2.28. The predicted octanol–water partition coefficient (Wildman–Crippen LogP) is 2.83. The van der Waals surface area contributed by atoms with Gasteiger partial charge in [0.05, 0.1) is 0 Å². The Balaban J connectivity index is 1.57. The van der Waals surface area contributed by atoms with Gasteiger partial charge in [0.2, 0.25) is 5.91 Å². The molecule has 2 amide bonds. The fourth-order valence-corrected chi connectivity index (χ4v) is 3.46. The Kier molecular flexibility index (Phi) is 4.69. The number of rotatable bonds is 4. The third-order valence-corrected chi connectivity index (χ3v) is 4.77. The van der Waals surface area contributed by atoms with Gasteiger partial charge in [0.15, 0.2) is 0 Å². The highest BCUT2D eigenvalue weighted by Gasteiger charge is 2.29. The maximum absolute atomic E-state index is 12.6. The largest absolute Gasteiger partial charge is 0.352 e. The first-order valence-corrected chi connectivity index (χ1v) is 8.69. The highest BCUT2D eigenvalue weighted by molar-refractivity contribution is 5.94. The Morgan fingerprint density at radius 3 is 2.26 bits per heavy atom. The summed E-state index contributed by atoms with van der Waals surface area (Å²) in [5, 5.41) is 2.95. The van der Waals surface area contributed by atoms with Crippen molar-refractivity contribution < 1.29 is 9.59 Å².